The summed E-state index contributed by atoms with van der Waals surface area (Å²) in [5, 5.41) is 5.77. The SMILES string of the molecule is CC(CNC1CCCOC1)Cc1cccs1. The van der Waals surface area contributed by atoms with Crippen molar-refractivity contribution in [3.05, 3.63) is 22.4 Å². The fourth-order valence-electron chi connectivity index (χ4n) is 2.11. The van der Waals surface area contributed by atoms with E-state index in [2.05, 4.69) is 29.8 Å². The first kappa shape index (κ1) is 12.1. The lowest BCUT2D eigenvalue weighted by Crippen LogP contribution is -2.39. The third kappa shape index (κ3) is 3.89. The average molecular weight is 239 g/mol. The van der Waals surface area contributed by atoms with Crippen LogP contribution in [0.4, 0.5) is 0 Å². The minimum atomic E-state index is 0.583. The van der Waals surface area contributed by atoms with Crippen molar-refractivity contribution in [3.8, 4) is 0 Å². The maximum absolute atomic E-state index is 5.46. The Kier molecular flexibility index (Phi) is 4.82. The first-order valence-corrected chi connectivity index (χ1v) is 7.06. The van der Waals surface area contributed by atoms with Gasteiger partial charge in [-0.1, -0.05) is 13.0 Å². The normalized spacial score (nSPS) is 23.2. The molecule has 0 aliphatic carbocycles. The third-order valence-electron chi connectivity index (χ3n) is 3.05. The van der Waals surface area contributed by atoms with Crippen LogP contribution in [-0.4, -0.2) is 25.8 Å². The molecule has 1 aliphatic heterocycles. The van der Waals surface area contributed by atoms with Crippen LogP contribution >= 0.6 is 11.3 Å². The average Bonchev–Trinajstić information content (AvgIpc) is 2.81. The molecule has 0 spiro atoms. The van der Waals surface area contributed by atoms with Gasteiger partial charge in [0.15, 0.2) is 0 Å². The van der Waals surface area contributed by atoms with Gasteiger partial charge in [0.25, 0.3) is 0 Å². The summed E-state index contributed by atoms with van der Waals surface area (Å²) in [6.45, 7) is 5.26. The molecule has 0 amide bonds. The molecule has 1 N–H and O–H groups in total. The minimum absolute atomic E-state index is 0.583. The zero-order chi connectivity index (χ0) is 11.2. The van der Waals surface area contributed by atoms with E-state index in [0.717, 1.165) is 19.8 Å². The topological polar surface area (TPSA) is 21.3 Å². The maximum atomic E-state index is 5.46. The van der Waals surface area contributed by atoms with Crippen LogP contribution in [0.3, 0.4) is 0 Å². The maximum Gasteiger partial charge on any atom is 0.0619 e. The highest BCUT2D eigenvalue weighted by molar-refractivity contribution is 7.09. The van der Waals surface area contributed by atoms with Gasteiger partial charge in [-0.25, -0.2) is 0 Å². The van der Waals surface area contributed by atoms with Crippen LogP contribution in [0.15, 0.2) is 17.5 Å². The highest BCUT2D eigenvalue weighted by Crippen LogP contribution is 2.14. The van der Waals surface area contributed by atoms with Gasteiger partial charge in [-0.3, -0.25) is 0 Å². The van der Waals surface area contributed by atoms with Crippen molar-refractivity contribution in [2.75, 3.05) is 19.8 Å². The fourth-order valence-corrected chi connectivity index (χ4v) is 2.98. The summed E-state index contributed by atoms with van der Waals surface area (Å²) in [6.07, 6.45) is 3.67. The van der Waals surface area contributed by atoms with Crippen molar-refractivity contribution in [2.24, 2.45) is 5.92 Å². The van der Waals surface area contributed by atoms with Crippen molar-refractivity contribution < 1.29 is 4.74 Å². The lowest BCUT2D eigenvalue weighted by molar-refractivity contribution is 0.0693. The molecule has 3 heteroatoms. The molecule has 2 nitrogen and oxygen atoms in total. The summed E-state index contributed by atoms with van der Waals surface area (Å²) in [5.41, 5.74) is 0. The molecule has 2 heterocycles. The van der Waals surface area contributed by atoms with Crippen LogP contribution in [0.25, 0.3) is 0 Å². The van der Waals surface area contributed by atoms with Gasteiger partial charge in [-0.05, 0) is 43.2 Å². The number of thiophene rings is 1. The van der Waals surface area contributed by atoms with E-state index in [9.17, 15) is 0 Å². The van der Waals surface area contributed by atoms with Crippen molar-refractivity contribution in [1.29, 1.82) is 0 Å². The molecule has 2 atom stereocenters. The first-order chi connectivity index (χ1) is 7.84. The first-order valence-electron chi connectivity index (χ1n) is 6.18. The predicted molar refractivity (Wildman–Crippen MR) is 69.0 cm³/mol. The van der Waals surface area contributed by atoms with Crippen LogP contribution in [0.2, 0.25) is 0 Å². The van der Waals surface area contributed by atoms with E-state index < -0.39 is 0 Å². The molecule has 0 bridgehead atoms. The summed E-state index contributed by atoms with van der Waals surface area (Å²) in [7, 11) is 0. The molecule has 0 aromatic carbocycles. The van der Waals surface area contributed by atoms with Crippen LogP contribution in [0, 0.1) is 5.92 Å². The number of hydrogen-bond donors (Lipinski definition) is 1. The van der Waals surface area contributed by atoms with E-state index in [4.69, 9.17) is 4.74 Å². The number of ether oxygens (including phenoxy) is 1. The van der Waals surface area contributed by atoms with Gasteiger partial charge in [-0.2, -0.15) is 0 Å². The molecular weight excluding hydrogens is 218 g/mol. The summed E-state index contributed by atoms with van der Waals surface area (Å²) in [6, 6.07) is 4.94. The predicted octanol–water partition coefficient (Wildman–Crippen LogP) is 2.70. The Bertz CT molecular complexity index is 280. The van der Waals surface area contributed by atoms with Crippen molar-refractivity contribution in [1.82, 2.24) is 5.32 Å². The van der Waals surface area contributed by atoms with Crippen LogP contribution in [-0.2, 0) is 11.2 Å². The van der Waals surface area contributed by atoms with E-state index in [0.29, 0.717) is 12.0 Å². The third-order valence-corrected chi connectivity index (χ3v) is 3.94. The largest absolute Gasteiger partial charge is 0.380 e. The van der Waals surface area contributed by atoms with Gasteiger partial charge < -0.3 is 10.1 Å². The van der Waals surface area contributed by atoms with Gasteiger partial charge >= 0.3 is 0 Å². The standard InChI is InChI=1S/C13H21NOS/c1-11(8-13-5-3-7-16-13)9-14-12-4-2-6-15-10-12/h3,5,7,11-12,14H,2,4,6,8-10H2,1H3. The zero-order valence-corrected chi connectivity index (χ0v) is 10.8. The van der Waals surface area contributed by atoms with E-state index in [1.807, 2.05) is 11.3 Å². The molecule has 1 fully saturated rings. The molecular formula is C13H21NOS. The van der Waals surface area contributed by atoms with Crippen molar-refractivity contribution >= 4 is 11.3 Å². The van der Waals surface area contributed by atoms with E-state index in [-0.39, 0.29) is 0 Å². The molecule has 1 aliphatic rings. The molecule has 1 aromatic rings. The van der Waals surface area contributed by atoms with Crippen molar-refractivity contribution in [2.45, 2.75) is 32.2 Å². The lowest BCUT2D eigenvalue weighted by Gasteiger charge is -2.24. The number of nitrogens with one attached hydrogen (secondary N) is 1. The van der Waals surface area contributed by atoms with E-state index >= 15 is 0 Å². The monoisotopic (exact) mass is 239 g/mol. The minimum Gasteiger partial charge on any atom is -0.380 e. The number of rotatable bonds is 5. The second-order valence-electron chi connectivity index (χ2n) is 4.71. The van der Waals surface area contributed by atoms with Gasteiger partial charge in [0.1, 0.15) is 0 Å². The summed E-state index contributed by atoms with van der Waals surface area (Å²) in [5.74, 6) is 0.709. The van der Waals surface area contributed by atoms with Crippen LogP contribution in [0.1, 0.15) is 24.6 Å². The highest BCUT2D eigenvalue weighted by atomic mass is 32.1. The van der Waals surface area contributed by atoms with Gasteiger partial charge in [0, 0.05) is 17.5 Å². The van der Waals surface area contributed by atoms with Crippen molar-refractivity contribution in [3.63, 3.8) is 0 Å². The Morgan fingerprint density at radius 3 is 3.25 bits per heavy atom. The number of hydrogen-bond acceptors (Lipinski definition) is 3. The Balaban J connectivity index is 1.65. The quantitative estimate of drug-likeness (QED) is 0.853. The van der Waals surface area contributed by atoms with Gasteiger partial charge in [0.2, 0.25) is 0 Å². The lowest BCUT2D eigenvalue weighted by atomic mass is 10.1. The Morgan fingerprint density at radius 2 is 2.56 bits per heavy atom. The molecule has 16 heavy (non-hydrogen) atoms. The molecule has 2 unspecified atom stereocenters. The second kappa shape index (κ2) is 6.38. The second-order valence-corrected chi connectivity index (χ2v) is 5.74. The summed E-state index contributed by atoms with van der Waals surface area (Å²) < 4.78 is 5.46. The molecule has 0 radical (unpaired) electrons. The molecule has 90 valence electrons. The Hall–Kier alpha value is -0.380. The van der Waals surface area contributed by atoms with E-state index in [1.54, 1.807) is 0 Å². The summed E-state index contributed by atoms with van der Waals surface area (Å²) >= 11 is 1.86. The zero-order valence-electron chi connectivity index (χ0n) is 9.95. The Labute approximate surface area is 102 Å². The Morgan fingerprint density at radius 1 is 1.62 bits per heavy atom. The molecule has 0 saturated carbocycles. The summed E-state index contributed by atoms with van der Waals surface area (Å²) in [4.78, 5) is 1.49. The fraction of sp³-hybridized carbons (Fsp3) is 0.692. The van der Waals surface area contributed by atoms with Crippen LogP contribution in [0.5, 0.6) is 0 Å². The van der Waals surface area contributed by atoms with Gasteiger partial charge in [-0.15, -0.1) is 11.3 Å². The molecule has 2 rings (SSSR count). The van der Waals surface area contributed by atoms with Gasteiger partial charge in [0.05, 0.1) is 6.61 Å². The van der Waals surface area contributed by atoms with Crippen LogP contribution < -0.4 is 5.32 Å². The molecule has 1 aromatic heterocycles. The van der Waals surface area contributed by atoms with E-state index in [1.165, 1.54) is 24.1 Å². The smallest absolute Gasteiger partial charge is 0.0619 e. The molecule has 1 saturated heterocycles. The highest BCUT2D eigenvalue weighted by Gasteiger charge is 2.14.